The van der Waals surface area contributed by atoms with Crippen LogP contribution in [0.4, 0.5) is 0 Å². The van der Waals surface area contributed by atoms with Crippen molar-refractivity contribution in [2.75, 3.05) is 5.75 Å². The number of carbonyl (C=O) groups is 1. The summed E-state index contributed by atoms with van der Waals surface area (Å²) in [5.41, 5.74) is 3.39. The minimum atomic E-state index is -0.232. The molecule has 0 atom stereocenters. The van der Waals surface area contributed by atoms with E-state index in [4.69, 9.17) is 11.6 Å². The number of benzene rings is 2. The standard InChI is InChI=1S/C20H17ClN2O2S/c1-13-3-8-17(11-14(13)2)23-10-9-22-19(20(23)25)26-12-18(24)15-4-6-16(21)7-5-15/h3-11H,12H2,1-2H3. The van der Waals surface area contributed by atoms with E-state index in [2.05, 4.69) is 4.98 Å². The van der Waals surface area contributed by atoms with Crippen LogP contribution in [0.15, 0.2) is 64.7 Å². The van der Waals surface area contributed by atoms with Crippen LogP contribution in [0.2, 0.25) is 5.02 Å². The molecule has 0 radical (unpaired) electrons. The first-order valence-electron chi connectivity index (χ1n) is 8.02. The molecule has 0 amide bonds. The summed E-state index contributed by atoms with van der Waals surface area (Å²) in [5, 5.41) is 0.878. The first-order valence-corrected chi connectivity index (χ1v) is 9.39. The first-order chi connectivity index (χ1) is 12.5. The van der Waals surface area contributed by atoms with Crippen molar-refractivity contribution in [2.45, 2.75) is 18.9 Å². The predicted octanol–water partition coefficient (Wildman–Crippen LogP) is 4.48. The van der Waals surface area contributed by atoms with Crippen molar-refractivity contribution in [1.82, 2.24) is 9.55 Å². The molecule has 26 heavy (non-hydrogen) atoms. The monoisotopic (exact) mass is 384 g/mol. The Labute approximate surface area is 160 Å². The van der Waals surface area contributed by atoms with Crippen LogP contribution in [-0.4, -0.2) is 21.1 Å². The van der Waals surface area contributed by atoms with Gasteiger partial charge in [-0.05, 0) is 61.4 Å². The first kappa shape index (κ1) is 18.4. The maximum atomic E-state index is 12.7. The van der Waals surface area contributed by atoms with E-state index in [1.165, 1.54) is 5.56 Å². The second kappa shape index (κ2) is 7.89. The minimum Gasteiger partial charge on any atom is -0.293 e. The Kier molecular flexibility index (Phi) is 5.59. The molecule has 1 heterocycles. The normalized spacial score (nSPS) is 10.7. The maximum absolute atomic E-state index is 12.7. The Morgan fingerprint density at radius 3 is 2.54 bits per heavy atom. The minimum absolute atomic E-state index is 0.0746. The SMILES string of the molecule is Cc1ccc(-n2ccnc(SCC(=O)c3ccc(Cl)cc3)c2=O)cc1C. The van der Waals surface area contributed by atoms with E-state index in [-0.39, 0.29) is 17.1 Å². The molecule has 6 heteroatoms. The summed E-state index contributed by atoms with van der Waals surface area (Å²) in [6, 6.07) is 12.5. The summed E-state index contributed by atoms with van der Waals surface area (Å²) in [7, 11) is 0. The summed E-state index contributed by atoms with van der Waals surface area (Å²) >= 11 is 6.98. The number of aromatic nitrogens is 2. The van der Waals surface area contributed by atoms with Gasteiger partial charge >= 0.3 is 0 Å². The molecule has 0 saturated heterocycles. The molecule has 0 aliphatic carbocycles. The van der Waals surface area contributed by atoms with Gasteiger partial charge in [0.05, 0.1) is 5.75 Å². The van der Waals surface area contributed by atoms with Crippen molar-refractivity contribution >= 4 is 29.1 Å². The number of hydrogen-bond acceptors (Lipinski definition) is 4. The molecule has 0 saturated carbocycles. The zero-order chi connectivity index (χ0) is 18.7. The number of carbonyl (C=O) groups excluding carboxylic acids is 1. The van der Waals surface area contributed by atoms with Gasteiger partial charge in [0, 0.05) is 28.7 Å². The molecule has 0 aliphatic rings. The third-order valence-corrected chi connectivity index (χ3v) is 5.30. The average Bonchev–Trinajstić information content (AvgIpc) is 2.63. The second-order valence-electron chi connectivity index (χ2n) is 5.89. The number of halogens is 1. The smallest absolute Gasteiger partial charge is 0.287 e. The molecule has 132 valence electrons. The number of thioether (sulfide) groups is 1. The highest BCUT2D eigenvalue weighted by molar-refractivity contribution is 7.99. The van der Waals surface area contributed by atoms with E-state index < -0.39 is 0 Å². The molecule has 0 bridgehead atoms. The van der Waals surface area contributed by atoms with E-state index in [1.54, 1.807) is 41.2 Å². The fourth-order valence-corrected chi connectivity index (χ4v) is 3.34. The third-order valence-electron chi connectivity index (χ3n) is 4.08. The third kappa shape index (κ3) is 4.06. The molecule has 1 aromatic heterocycles. The highest BCUT2D eigenvalue weighted by Gasteiger charge is 2.12. The molecule has 0 aliphatic heterocycles. The van der Waals surface area contributed by atoms with E-state index in [0.29, 0.717) is 15.6 Å². The Hall–Kier alpha value is -2.37. The summed E-state index contributed by atoms with van der Waals surface area (Å²) in [4.78, 5) is 29.1. The molecule has 3 aromatic rings. The Balaban J connectivity index is 1.81. The number of Topliss-reactive ketones (excluding diaryl/α,β-unsaturated/α-hetero) is 1. The molecule has 2 aromatic carbocycles. The van der Waals surface area contributed by atoms with Crippen LogP contribution < -0.4 is 5.56 Å². The van der Waals surface area contributed by atoms with Gasteiger partial charge in [-0.25, -0.2) is 4.98 Å². The van der Waals surface area contributed by atoms with Gasteiger partial charge in [-0.3, -0.25) is 14.2 Å². The molecule has 0 spiro atoms. The van der Waals surface area contributed by atoms with Gasteiger partial charge in [0.15, 0.2) is 10.8 Å². The molecule has 0 unspecified atom stereocenters. The lowest BCUT2D eigenvalue weighted by Crippen LogP contribution is -2.21. The zero-order valence-corrected chi connectivity index (χ0v) is 16.0. The summed E-state index contributed by atoms with van der Waals surface area (Å²) in [6.45, 7) is 4.03. The topological polar surface area (TPSA) is 52.0 Å². The number of ketones is 1. The predicted molar refractivity (Wildman–Crippen MR) is 106 cm³/mol. The number of aryl methyl sites for hydroxylation is 2. The van der Waals surface area contributed by atoms with Crippen molar-refractivity contribution in [3.05, 3.63) is 86.9 Å². The Bertz CT molecular complexity index is 1010. The number of hydrogen-bond donors (Lipinski definition) is 0. The van der Waals surface area contributed by atoms with Crippen LogP contribution in [0.1, 0.15) is 21.5 Å². The van der Waals surface area contributed by atoms with E-state index >= 15 is 0 Å². The van der Waals surface area contributed by atoms with Crippen LogP contribution in [0.25, 0.3) is 5.69 Å². The van der Waals surface area contributed by atoms with E-state index in [0.717, 1.165) is 23.0 Å². The Morgan fingerprint density at radius 2 is 1.85 bits per heavy atom. The molecule has 0 fully saturated rings. The van der Waals surface area contributed by atoms with Gasteiger partial charge < -0.3 is 0 Å². The second-order valence-corrected chi connectivity index (χ2v) is 7.30. The van der Waals surface area contributed by atoms with Crippen LogP contribution in [0.3, 0.4) is 0 Å². The van der Waals surface area contributed by atoms with Gasteiger partial charge in [0.25, 0.3) is 5.56 Å². The molecule has 4 nitrogen and oxygen atoms in total. The molecular formula is C20H17ClN2O2S. The number of rotatable bonds is 5. The van der Waals surface area contributed by atoms with Crippen LogP contribution in [0, 0.1) is 13.8 Å². The van der Waals surface area contributed by atoms with Crippen molar-refractivity contribution in [3.63, 3.8) is 0 Å². The number of nitrogens with zero attached hydrogens (tertiary/aromatic N) is 2. The summed E-state index contributed by atoms with van der Waals surface area (Å²) in [6.07, 6.45) is 3.21. The van der Waals surface area contributed by atoms with Crippen molar-refractivity contribution in [3.8, 4) is 5.69 Å². The highest BCUT2D eigenvalue weighted by atomic mass is 35.5. The average molecular weight is 385 g/mol. The fourth-order valence-electron chi connectivity index (χ4n) is 2.42. The van der Waals surface area contributed by atoms with Crippen LogP contribution in [0.5, 0.6) is 0 Å². The maximum Gasteiger partial charge on any atom is 0.287 e. The van der Waals surface area contributed by atoms with Gasteiger partial charge in [-0.2, -0.15) is 0 Å². The molecular weight excluding hydrogens is 368 g/mol. The highest BCUT2D eigenvalue weighted by Crippen LogP contribution is 2.17. The van der Waals surface area contributed by atoms with Gasteiger partial charge in [-0.1, -0.05) is 29.4 Å². The zero-order valence-electron chi connectivity index (χ0n) is 14.4. The van der Waals surface area contributed by atoms with Crippen molar-refractivity contribution < 1.29 is 4.79 Å². The van der Waals surface area contributed by atoms with E-state index in [9.17, 15) is 9.59 Å². The van der Waals surface area contributed by atoms with Crippen molar-refractivity contribution in [1.29, 1.82) is 0 Å². The van der Waals surface area contributed by atoms with Crippen LogP contribution >= 0.6 is 23.4 Å². The lowest BCUT2D eigenvalue weighted by atomic mass is 10.1. The van der Waals surface area contributed by atoms with E-state index in [1.807, 2.05) is 32.0 Å². The quantitative estimate of drug-likeness (QED) is 0.480. The summed E-state index contributed by atoms with van der Waals surface area (Å²) < 4.78 is 1.55. The molecule has 3 rings (SSSR count). The van der Waals surface area contributed by atoms with Crippen LogP contribution in [-0.2, 0) is 0 Å². The largest absolute Gasteiger partial charge is 0.293 e. The summed E-state index contributed by atoms with van der Waals surface area (Å²) in [5.74, 6) is 0.0651. The van der Waals surface area contributed by atoms with Gasteiger partial charge in [-0.15, -0.1) is 0 Å². The van der Waals surface area contributed by atoms with Gasteiger partial charge in [0.2, 0.25) is 0 Å². The Morgan fingerprint density at radius 1 is 1.12 bits per heavy atom. The molecule has 0 N–H and O–H groups in total. The van der Waals surface area contributed by atoms with Crippen molar-refractivity contribution in [2.24, 2.45) is 0 Å². The lowest BCUT2D eigenvalue weighted by Gasteiger charge is -2.09. The lowest BCUT2D eigenvalue weighted by molar-refractivity contribution is 0.102. The fraction of sp³-hybridized carbons (Fsp3) is 0.150. The van der Waals surface area contributed by atoms with Gasteiger partial charge in [0.1, 0.15) is 0 Å².